The summed E-state index contributed by atoms with van der Waals surface area (Å²) in [6.45, 7) is 1.19. The maximum absolute atomic E-state index is 12.8. The highest BCUT2D eigenvalue weighted by Crippen LogP contribution is 2.67. The molecule has 10 heteroatoms. The number of carbonyl (C=O) groups excluding carboxylic acids is 2. The Balaban J connectivity index is 1.46. The van der Waals surface area contributed by atoms with E-state index in [0.717, 1.165) is 30.4 Å². The Morgan fingerprint density at radius 3 is 2.77 bits per heavy atom. The number of ether oxygens (including phenoxy) is 3. The number of aliphatic hydroxyl groups is 2. The van der Waals surface area contributed by atoms with Crippen LogP contribution in [-0.4, -0.2) is 64.1 Å². The molecule has 2 bridgehead atoms. The van der Waals surface area contributed by atoms with Crippen molar-refractivity contribution in [3.8, 4) is 11.5 Å². The summed E-state index contributed by atoms with van der Waals surface area (Å²) in [5.41, 5.74) is 0.141. The molecule has 5 rings (SSSR count). The van der Waals surface area contributed by atoms with Crippen molar-refractivity contribution in [3.05, 3.63) is 35.1 Å². The number of aliphatic hydroxyl groups excluding tert-OH is 1. The standard InChI is InChI=1S/C25H29NO9/c1-12(27)22(29)26-15(23(30)31)11-18(28)34-17-7-9-25(32)14-4-3-8-24(25)19-13(10-14)5-6-16(33-2)20(19)35-21(17)24/h5-7,12,14-15,21,27,32H,3-4,8-11H2,1-2H3,(H,26,29)(H,30,31)/t12-,14+,15-,21-,24-,25+/m0/s1. The van der Waals surface area contributed by atoms with Crippen molar-refractivity contribution in [2.45, 2.75) is 74.7 Å². The van der Waals surface area contributed by atoms with Crippen LogP contribution in [0.25, 0.3) is 0 Å². The molecule has 0 aromatic heterocycles. The molecule has 1 fully saturated rings. The largest absolute Gasteiger partial charge is 0.493 e. The van der Waals surface area contributed by atoms with Gasteiger partial charge < -0.3 is 34.8 Å². The summed E-state index contributed by atoms with van der Waals surface area (Å²) in [5, 5.41) is 32.9. The van der Waals surface area contributed by atoms with Crippen molar-refractivity contribution >= 4 is 17.8 Å². The molecule has 1 saturated carbocycles. The monoisotopic (exact) mass is 487 g/mol. The SMILES string of the molecule is COc1ccc2c3c1O[C@H]1C(OC(=O)C[C@H](NC(=O)[C@H](C)O)C(=O)O)=CC[C@@]4(O)[C@H](CCC[C@]314)C2. The van der Waals surface area contributed by atoms with E-state index < -0.39 is 53.5 Å². The van der Waals surface area contributed by atoms with Crippen LogP contribution in [0, 0.1) is 5.92 Å². The number of hydrogen-bond acceptors (Lipinski definition) is 8. The minimum absolute atomic E-state index is 0.0368. The second-order valence-corrected chi connectivity index (χ2v) is 9.88. The Labute approximate surface area is 201 Å². The van der Waals surface area contributed by atoms with E-state index in [-0.39, 0.29) is 18.1 Å². The maximum atomic E-state index is 12.8. The van der Waals surface area contributed by atoms with Crippen LogP contribution in [0.5, 0.6) is 11.5 Å². The first-order valence-electron chi connectivity index (χ1n) is 11.8. The first-order valence-corrected chi connectivity index (χ1v) is 11.8. The number of carboxylic acid groups (broad SMARTS) is 1. The van der Waals surface area contributed by atoms with Gasteiger partial charge in [0, 0.05) is 5.56 Å². The van der Waals surface area contributed by atoms with Crippen LogP contribution < -0.4 is 14.8 Å². The number of carbonyl (C=O) groups is 3. The molecular weight excluding hydrogens is 458 g/mol. The molecular formula is C25H29NO9. The van der Waals surface area contributed by atoms with Crippen LogP contribution in [0.1, 0.15) is 50.2 Å². The van der Waals surface area contributed by atoms with E-state index in [1.165, 1.54) is 6.92 Å². The Kier molecular flexibility index (Phi) is 5.56. The normalized spacial score (nSPS) is 31.3. The first-order chi connectivity index (χ1) is 16.6. The number of nitrogens with one attached hydrogen (secondary N) is 1. The number of aliphatic carboxylic acids is 1. The Morgan fingerprint density at radius 1 is 1.31 bits per heavy atom. The Bertz CT molecular complexity index is 1130. The number of amides is 1. The highest BCUT2D eigenvalue weighted by molar-refractivity contribution is 5.88. The van der Waals surface area contributed by atoms with Gasteiger partial charge in [0.25, 0.3) is 0 Å². The average molecular weight is 488 g/mol. The minimum atomic E-state index is -1.56. The molecule has 10 nitrogen and oxygen atoms in total. The quantitative estimate of drug-likeness (QED) is 0.412. The van der Waals surface area contributed by atoms with E-state index in [0.29, 0.717) is 17.9 Å². The molecule has 1 heterocycles. The van der Waals surface area contributed by atoms with E-state index in [1.807, 2.05) is 12.1 Å². The molecule has 0 radical (unpaired) electrons. The zero-order valence-corrected chi connectivity index (χ0v) is 19.6. The molecule has 188 valence electrons. The van der Waals surface area contributed by atoms with Crippen molar-refractivity contribution < 1.29 is 43.9 Å². The van der Waals surface area contributed by atoms with Crippen LogP contribution in [0.2, 0.25) is 0 Å². The van der Waals surface area contributed by atoms with E-state index in [2.05, 4.69) is 5.32 Å². The molecule has 0 saturated heterocycles. The fraction of sp³-hybridized carbons (Fsp3) is 0.560. The lowest BCUT2D eigenvalue weighted by atomic mass is 9.47. The molecule has 4 N–H and O–H groups in total. The lowest BCUT2D eigenvalue weighted by Crippen LogP contribution is -2.67. The van der Waals surface area contributed by atoms with Gasteiger partial charge in [-0.1, -0.05) is 12.5 Å². The van der Waals surface area contributed by atoms with E-state index in [4.69, 9.17) is 14.2 Å². The summed E-state index contributed by atoms with van der Waals surface area (Å²) in [6.07, 6.45) is 2.25. The zero-order chi connectivity index (χ0) is 25.1. The second-order valence-electron chi connectivity index (χ2n) is 9.88. The summed E-state index contributed by atoms with van der Waals surface area (Å²) >= 11 is 0. The van der Waals surface area contributed by atoms with Crippen molar-refractivity contribution in [3.63, 3.8) is 0 Å². The molecule has 1 aliphatic heterocycles. The number of hydrogen-bond donors (Lipinski definition) is 4. The predicted octanol–water partition coefficient (Wildman–Crippen LogP) is 0.952. The smallest absolute Gasteiger partial charge is 0.326 e. The van der Waals surface area contributed by atoms with E-state index >= 15 is 0 Å². The van der Waals surface area contributed by atoms with Gasteiger partial charge in [-0.2, -0.15) is 0 Å². The van der Waals surface area contributed by atoms with Gasteiger partial charge in [-0.25, -0.2) is 4.79 Å². The van der Waals surface area contributed by atoms with Crippen molar-refractivity contribution in [2.24, 2.45) is 5.92 Å². The molecule has 1 amide bonds. The number of rotatable bonds is 7. The van der Waals surface area contributed by atoms with Crippen molar-refractivity contribution in [1.82, 2.24) is 5.32 Å². The molecule has 6 atom stereocenters. The molecule has 1 aromatic carbocycles. The Hall–Kier alpha value is -3.11. The summed E-state index contributed by atoms with van der Waals surface area (Å²) in [5.74, 6) is -1.86. The van der Waals surface area contributed by atoms with Gasteiger partial charge in [0.05, 0.1) is 24.5 Å². The summed E-state index contributed by atoms with van der Waals surface area (Å²) in [4.78, 5) is 36.1. The van der Waals surface area contributed by atoms with Crippen LogP contribution >= 0.6 is 0 Å². The minimum Gasteiger partial charge on any atom is -0.493 e. The van der Waals surface area contributed by atoms with Gasteiger partial charge in [-0.05, 0) is 56.2 Å². The molecule has 1 spiro atoms. The number of benzene rings is 1. The highest BCUT2D eigenvalue weighted by atomic mass is 16.6. The molecule has 3 aliphatic carbocycles. The van der Waals surface area contributed by atoms with Gasteiger partial charge in [-0.3, -0.25) is 9.59 Å². The van der Waals surface area contributed by atoms with Crippen LogP contribution in [0.15, 0.2) is 24.0 Å². The Morgan fingerprint density at radius 2 is 2.09 bits per heavy atom. The van der Waals surface area contributed by atoms with Crippen molar-refractivity contribution in [2.75, 3.05) is 7.11 Å². The van der Waals surface area contributed by atoms with Crippen LogP contribution in [-0.2, 0) is 31.0 Å². The highest BCUT2D eigenvalue weighted by Gasteiger charge is 2.70. The fourth-order valence-electron chi connectivity index (χ4n) is 6.51. The second kappa shape index (κ2) is 8.23. The lowest BCUT2D eigenvalue weighted by molar-refractivity contribution is -0.161. The maximum Gasteiger partial charge on any atom is 0.326 e. The summed E-state index contributed by atoms with van der Waals surface area (Å²) < 4.78 is 17.6. The molecule has 0 unspecified atom stereocenters. The number of methoxy groups -OCH3 is 1. The lowest BCUT2D eigenvalue weighted by Gasteiger charge is -2.59. The third-order valence-electron chi connectivity index (χ3n) is 8.06. The van der Waals surface area contributed by atoms with Crippen LogP contribution in [0.3, 0.4) is 0 Å². The fourth-order valence-corrected chi connectivity index (χ4v) is 6.51. The number of esters is 1. The van der Waals surface area contributed by atoms with E-state index in [1.54, 1.807) is 13.2 Å². The van der Waals surface area contributed by atoms with Gasteiger partial charge >= 0.3 is 11.9 Å². The molecule has 1 aromatic rings. The van der Waals surface area contributed by atoms with Gasteiger partial charge in [0.1, 0.15) is 17.9 Å². The third kappa shape index (κ3) is 3.34. The number of carboxylic acids is 1. The average Bonchev–Trinajstić information content (AvgIpc) is 3.15. The van der Waals surface area contributed by atoms with E-state index in [9.17, 15) is 29.7 Å². The first kappa shape index (κ1) is 23.6. The topological polar surface area (TPSA) is 152 Å². The van der Waals surface area contributed by atoms with Gasteiger partial charge in [0.2, 0.25) is 5.91 Å². The third-order valence-corrected chi connectivity index (χ3v) is 8.06. The molecule has 35 heavy (non-hydrogen) atoms. The van der Waals surface area contributed by atoms with Gasteiger partial charge in [0.15, 0.2) is 17.6 Å². The zero-order valence-electron chi connectivity index (χ0n) is 19.6. The predicted molar refractivity (Wildman–Crippen MR) is 120 cm³/mol. The van der Waals surface area contributed by atoms with Crippen molar-refractivity contribution in [1.29, 1.82) is 0 Å². The van der Waals surface area contributed by atoms with Crippen LogP contribution in [0.4, 0.5) is 0 Å². The molecule has 4 aliphatic rings. The van der Waals surface area contributed by atoms with Gasteiger partial charge in [-0.15, -0.1) is 0 Å². The summed E-state index contributed by atoms with van der Waals surface area (Å²) in [6, 6.07) is 2.29. The summed E-state index contributed by atoms with van der Waals surface area (Å²) in [7, 11) is 1.55.